The molecule has 0 aliphatic heterocycles. The molecule has 1 rings (SSSR count). The van der Waals surface area contributed by atoms with E-state index in [9.17, 15) is 9.90 Å². The molecule has 0 aliphatic rings. The average Bonchev–Trinajstić information content (AvgIpc) is 2.29. The van der Waals surface area contributed by atoms with Crippen LogP contribution in [0.2, 0.25) is 0 Å². The molecule has 0 spiro atoms. The fourth-order valence-corrected chi connectivity index (χ4v) is 1.57. The van der Waals surface area contributed by atoms with E-state index in [1.54, 1.807) is 12.1 Å². The quantitative estimate of drug-likeness (QED) is 0.466. The predicted molar refractivity (Wildman–Crippen MR) is 67.2 cm³/mol. The average molecular weight is 236 g/mol. The van der Waals surface area contributed by atoms with Crippen molar-refractivity contribution in [3.05, 3.63) is 23.8 Å². The molecule has 0 radical (unpaired) electrons. The number of aromatic hydroxyl groups is 1. The lowest BCUT2D eigenvalue weighted by Crippen LogP contribution is -2.08. The van der Waals surface area contributed by atoms with E-state index in [0.29, 0.717) is 12.2 Å². The van der Waals surface area contributed by atoms with Crippen molar-refractivity contribution in [3.63, 3.8) is 0 Å². The maximum absolute atomic E-state index is 11.5. The molecule has 17 heavy (non-hydrogen) atoms. The van der Waals surface area contributed by atoms with Gasteiger partial charge in [0.2, 0.25) is 0 Å². The number of aryl methyl sites for hydroxylation is 1. The van der Waals surface area contributed by atoms with Gasteiger partial charge in [0.15, 0.2) is 0 Å². The third-order valence-corrected chi connectivity index (χ3v) is 2.63. The van der Waals surface area contributed by atoms with Gasteiger partial charge in [-0.2, -0.15) is 0 Å². The van der Waals surface area contributed by atoms with Gasteiger partial charge < -0.3 is 9.84 Å². The number of carbonyl (C=O) groups excluding carboxylic acids is 1. The van der Waals surface area contributed by atoms with E-state index in [1.165, 1.54) is 6.07 Å². The van der Waals surface area contributed by atoms with E-state index < -0.39 is 0 Å². The monoisotopic (exact) mass is 236 g/mol. The van der Waals surface area contributed by atoms with Gasteiger partial charge in [-0.25, -0.2) is 0 Å². The second kappa shape index (κ2) is 6.94. The molecule has 0 saturated carbocycles. The molecule has 1 N–H and O–H groups in total. The highest BCUT2D eigenvalue weighted by Crippen LogP contribution is 2.23. The van der Waals surface area contributed by atoms with Crippen LogP contribution < -0.4 is 4.74 Å². The Morgan fingerprint density at radius 2 is 2.06 bits per heavy atom. The number of phenols is 1. The SMILES string of the molecule is CCCCCCC(=O)Oc1cc(O)ccc1C. The summed E-state index contributed by atoms with van der Waals surface area (Å²) in [7, 11) is 0. The minimum absolute atomic E-state index is 0.115. The van der Waals surface area contributed by atoms with Gasteiger partial charge in [-0.1, -0.05) is 32.3 Å². The van der Waals surface area contributed by atoms with E-state index in [2.05, 4.69) is 6.92 Å². The molecule has 3 nitrogen and oxygen atoms in total. The number of phenolic OH excluding ortho intramolecular Hbond substituents is 1. The lowest BCUT2D eigenvalue weighted by Gasteiger charge is -2.07. The molecule has 1 aromatic rings. The van der Waals surface area contributed by atoms with Crippen molar-refractivity contribution in [2.24, 2.45) is 0 Å². The number of unbranched alkanes of at least 4 members (excludes halogenated alkanes) is 3. The van der Waals surface area contributed by atoms with E-state index in [4.69, 9.17) is 4.74 Å². The largest absolute Gasteiger partial charge is 0.508 e. The van der Waals surface area contributed by atoms with Gasteiger partial charge in [-0.15, -0.1) is 0 Å². The van der Waals surface area contributed by atoms with Crippen LogP contribution in [0.5, 0.6) is 11.5 Å². The van der Waals surface area contributed by atoms with Crippen molar-refractivity contribution in [2.75, 3.05) is 0 Å². The van der Waals surface area contributed by atoms with Crippen LogP contribution in [0.15, 0.2) is 18.2 Å². The Kier molecular flexibility index (Phi) is 5.53. The first-order valence-corrected chi connectivity index (χ1v) is 6.13. The molecule has 1 aromatic carbocycles. The molecule has 0 saturated heterocycles. The molecule has 0 amide bonds. The van der Waals surface area contributed by atoms with Gasteiger partial charge >= 0.3 is 5.97 Å². The number of carbonyl (C=O) groups is 1. The molecule has 0 unspecified atom stereocenters. The van der Waals surface area contributed by atoms with Gasteiger partial charge in [0.25, 0.3) is 0 Å². The van der Waals surface area contributed by atoms with Crippen LogP contribution in [0.4, 0.5) is 0 Å². The lowest BCUT2D eigenvalue weighted by atomic mass is 10.1. The summed E-state index contributed by atoms with van der Waals surface area (Å²) in [6, 6.07) is 4.78. The molecule has 0 fully saturated rings. The van der Waals surface area contributed by atoms with Crippen LogP contribution in [-0.4, -0.2) is 11.1 Å². The maximum atomic E-state index is 11.5. The Morgan fingerprint density at radius 3 is 2.76 bits per heavy atom. The van der Waals surface area contributed by atoms with Gasteiger partial charge in [0.05, 0.1) is 0 Å². The first-order chi connectivity index (χ1) is 8.13. The van der Waals surface area contributed by atoms with Gasteiger partial charge in [0.1, 0.15) is 11.5 Å². The first kappa shape index (κ1) is 13.6. The summed E-state index contributed by atoms with van der Waals surface area (Å²) < 4.78 is 5.21. The summed E-state index contributed by atoms with van der Waals surface area (Å²) >= 11 is 0. The van der Waals surface area contributed by atoms with E-state index in [0.717, 1.165) is 31.2 Å². The second-order valence-electron chi connectivity index (χ2n) is 4.23. The van der Waals surface area contributed by atoms with Crippen LogP contribution in [0.1, 0.15) is 44.6 Å². The Bertz CT molecular complexity index is 372. The minimum Gasteiger partial charge on any atom is -0.508 e. The number of rotatable bonds is 6. The summed E-state index contributed by atoms with van der Waals surface area (Å²) in [5.41, 5.74) is 0.852. The number of hydrogen-bond donors (Lipinski definition) is 1. The highest BCUT2D eigenvalue weighted by Gasteiger charge is 2.07. The standard InChI is InChI=1S/C14H20O3/c1-3-4-5-6-7-14(16)17-13-10-12(15)9-8-11(13)2/h8-10,15H,3-7H2,1-2H3. The van der Waals surface area contributed by atoms with Crippen molar-refractivity contribution in [1.29, 1.82) is 0 Å². The molecular formula is C14H20O3. The van der Waals surface area contributed by atoms with Crippen molar-refractivity contribution in [2.45, 2.75) is 46.0 Å². The highest BCUT2D eigenvalue weighted by atomic mass is 16.5. The Hall–Kier alpha value is -1.51. The Labute approximate surface area is 102 Å². The maximum Gasteiger partial charge on any atom is 0.311 e. The predicted octanol–water partition coefficient (Wildman–Crippen LogP) is 3.58. The molecule has 94 valence electrons. The summed E-state index contributed by atoms with van der Waals surface area (Å²) in [5, 5.41) is 9.31. The molecule has 0 bridgehead atoms. The highest BCUT2D eigenvalue weighted by molar-refractivity contribution is 5.72. The minimum atomic E-state index is -0.227. The summed E-state index contributed by atoms with van der Waals surface area (Å²) in [6.07, 6.45) is 4.67. The number of benzene rings is 1. The Balaban J connectivity index is 2.42. The number of ether oxygens (including phenoxy) is 1. The number of esters is 1. The van der Waals surface area contributed by atoms with Crippen molar-refractivity contribution in [3.8, 4) is 11.5 Å². The topological polar surface area (TPSA) is 46.5 Å². The van der Waals surface area contributed by atoms with Crippen molar-refractivity contribution < 1.29 is 14.6 Å². The van der Waals surface area contributed by atoms with E-state index in [1.807, 2.05) is 6.92 Å². The summed E-state index contributed by atoms with van der Waals surface area (Å²) in [4.78, 5) is 11.5. The molecule has 0 aliphatic carbocycles. The first-order valence-electron chi connectivity index (χ1n) is 6.13. The smallest absolute Gasteiger partial charge is 0.311 e. The van der Waals surface area contributed by atoms with Crippen LogP contribution in [-0.2, 0) is 4.79 Å². The fraction of sp³-hybridized carbons (Fsp3) is 0.500. The summed E-state index contributed by atoms with van der Waals surface area (Å²) in [5.74, 6) is 0.338. The van der Waals surface area contributed by atoms with Crippen LogP contribution >= 0.6 is 0 Å². The zero-order valence-electron chi connectivity index (χ0n) is 10.5. The molecule has 3 heteroatoms. The lowest BCUT2D eigenvalue weighted by molar-refractivity contribution is -0.134. The third kappa shape index (κ3) is 4.89. The Morgan fingerprint density at radius 1 is 1.29 bits per heavy atom. The molecule has 0 atom stereocenters. The molecule has 0 heterocycles. The van der Waals surface area contributed by atoms with Gasteiger partial charge in [-0.3, -0.25) is 4.79 Å². The van der Waals surface area contributed by atoms with Crippen LogP contribution in [0, 0.1) is 6.92 Å². The number of hydrogen-bond acceptors (Lipinski definition) is 3. The molecule has 0 aromatic heterocycles. The van der Waals surface area contributed by atoms with Gasteiger partial charge in [-0.05, 0) is 25.0 Å². The fourth-order valence-electron chi connectivity index (χ4n) is 1.57. The van der Waals surface area contributed by atoms with Crippen LogP contribution in [0.25, 0.3) is 0 Å². The molecular weight excluding hydrogens is 216 g/mol. The van der Waals surface area contributed by atoms with Crippen molar-refractivity contribution in [1.82, 2.24) is 0 Å². The zero-order valence-corrected chi connectivity index (χ0v) is 10.5. The van der Waals surface area contributed by atoms with E-state index >= 15 is 0 Å². The zero-order chi connectivity index (χ0) is 12.7. The second-order valence-corrected chi connectivity index (χ2v) is 4.23. The third-order valence-electron chi connectivity index (χ3n) is 2.63. The van der Waals surface area contributed by atoms with Crippen molar-refractivity contribution >= 4 is 5.97 Å². The van der Waals surface area contributed by atoms with Crippen LogP contribution in [0.3, 0.4) is 0 Å². The summed E-state index contributed by atoms with van der Waals surface area (Å²) in [6.45, 7) is 3.98. The normalized spacial score (nSPS) is 10.2. The van der Waals surface area contributed by atoms with Gasteiger partial charge in [0, 0.05) is 12.5 Å². The van der Waals surface area contributed by atoms with E-state index in [-0.39, 0.29) is 11.7 Å².